The summed E-state index contributed by atoms with van der Waals surface area (Å²) in [6.07, 6.45) is 0. The molecule has 2 amide bonds. The average Bonchev–Trinajstić information content (AvgIpc) is 2.18. The van der Waals surface area contributed by atoms with E-state index < -0.39 is 0 Å². The number of carbonyl (C=O) groups excluding carboxylic acids is 1. The first kappa shape index (κ1) is 11.0. The normalized spacial score (nSPS) is 9.57. The van der Waals surface area contributed by atoms with E-state index in [9.17, 15) is 4.79 Å². The lowest BCUT2D eigenvalue weighted by molar-refractivity contribution is 0.252. The first-order chi connectivity index (χ1) is 6.74. The largest absolute Gasteiger partial charge is 0.337 e. The lowest BCUT2D eigenvalue weighted by atomic mass is 10.2. The van der Waals surface area contributed by atoms with E-state index in [0.29, 0.717) is 6.54 Å². The molecule has 1 rings (SSSR count). The van der Waals surface area contributed by atoms with Crippen molar-refractivity contribution in [3.8, 4) is 0 Å². The summed E-state index contributed by atoms with van der Waals surface area (Å²) in [5.41, 5.74) is 1.90. The van der Waals surface area contributed by atoms with E-state index in [2.05, 4.69) is 26.6 Å². The fraction of sp³-hybridized carbons (Fsp3) is 0.300. The molecule has 0 bridgehead atoms. The number of urea groups is 1. The summed E-state index contributed by atoms with van der Waals surface area (Å²) in [4.78, 5) is 11.3. The number of anilines is 1. The number of alkyl halides is 1. The third-order valence-electron chi connectivity index (χ3n) is 1.77. The second kappa shape index (κ2) is 5.65. The van der Waals surface area contributed by atoms with Gasteiger partial charge in [-0.3, -0.25) is 0 Å². The van der Waals surface area contributed by atoms with Crippen LogP contribution in [0.25, 0.3) is 0 Å². The Balaban J connectivity index is 2.52. The fourth-order valence-electron chi connectivity index (χ4n) is 1.04. The molecule has 0 aromatic heterocycles. The first-order valence-corrected chi connectivity index (χ1v) is 5.52. The lowest BCUT2D eigenvalue weighted by Gasteiger charge is -2.08. The zero-order valence-corrected chi connectivity index (χ0v) is 9.60. The monoisotopic (exact) mass is 256 g/mol. The van der Waals surface area contributed by atoms with E-state index >= 15 is 0 Å². The van der Waals surface area contributed by atoms with Crippen molar-refractivity contribution in [1.29, 1.82) is 0 Å². The summed E-state index contributed by atoms with van der Waals surface area (Å²) >= 11 is 3.24. The number of amides is 2. The molecule has 76 valence electrons. The number of carbonyl (C=O) groups is 1. The van der Waals surface area contributed by atoms with Crippen LogP contribution in [0.15, 0.2) is 24.3 Å². The highest BCUT2D eigenvalue weighted by molar-refractivity contribution is 9.09. The number of hydrogen-bond acceptors (Lipinski definition) is 1. The van der Waals surface area contributed by atoms with E-state index in [1.54, 1.807) is 0 Å². The van der Waals surface area contributed by atoms with E-state index in [1.165, 1.54) is 0 Å². The van der Waals surface area contributed by atoms with E-state index in [1.807, 2.05) is 31.2 Å². The van der Waals surface area contributed by atoms with Crippen LogP contribution in [-0.4, -0.2) is 17.9 Å². The highest BCUT2D eigenvalue weighted by Gasteiger charge is 2.01. The molecule has 0 aliphatic rings. The quantitative estimate of drug-likeness (QED) is 0.802. The molecule has 0 unspecified atom stereocenters. The number of halogens is 1. The predicted molar refractivity (Wildman–Crippen MR) is 62.0 cm³/mol. The zero-order chi connectivity index (χ0) is 10.4. The summed E-state index contributed by atoms with van der Waals surface area (Å²) in [6, 6.07) is 7.51. The number of benzene rings is 1. The van der Waals surface area contributed by atoms with Crippen LogP contribution >= 0.6 is 15.9 Å². The smallest absolute Gasteiger partial charge is 0.319 e. The molecule has 0 saturated heterocycles. The molecule has 0 radical (unpaired) electrons. The van der Waals surface area contributed by atoms with Gasteiger partial charge < -0.3 is 10.6 Å². The van der Waals surface area contributed by atoms with Gasteiger partial charge in [-0.15, -0.1) is 0 Å². The molecular formula is C10H13BrN2O. The number of para-hydroxylation sites is 1. The Morgan fingerprint density at radius 1 is 1.43 bits per heavy atom. The van der Waals surface area contributed by atoms with Crippen LogP contribution in [0.1, 0.15) is 5.56 Å². The van der Waals surface area contributed by atoms with E-state index in [-0.39, 0.29) is 6.03 Å². The molecule has 0 aliphatic carbocycles. The van der Waals surface area contributed by atoms with Gasteiger partial charge in [0.05, 0.1) is 0 Å². The first-order valence-electron chi connectivity index (χ1n) is 4.40. The third-order valence-corrected chi connectivity index (χ3v) is 2.17. The molecule has 4 heteroatoms. The number of nitrogens with one attached hydrogen (secondary N) is 2. The average molecular weight is 257 g/mol. The van der Waals surface area contributed by atoms with Gasteiger partial charge in [-0.05, 0) is 18.6 Å². The van der Waals surface area contributed by atoms with E-state index in [0.717, 1.165) is 16.6 Å². The molecule has 0 spiro atoms. The van der Waals surface area contributed by atoms with Crippen molar-refractivity contribution < 1.29 is 4.79 Å². The van der Waals surface area contributed by atoms with Crippen molar-refractivity contribution in [3.05, 3.63) is 29.8 Å². The molecule has 2 N–H and O–H groups in total. The van der Waals surface area contributed by atoms with Gasteiger partial charge in [-0.25, -0.2) is 4.79 Å². The van der Waals surface area contributed by atoms with Gasteiger partial charge in [-0.1, -0.05) is 34.1 Å². The lowest BCUT2D eigenvalue weighted by Crippen LogP contribution is -2.30. The number of hydrogen-bond donors (Lipinski definition) is 2. The Morgan fingerprint density at radius 3 is 2.79 bits per heavy atom. The van der Waals surface area contributed by atoms with Crippen LogP contribution in [0.3, 0.4) is 0 Å². The Labute approximate surface area is 92.0 Å². The molecule has 0 fully saturated rings. The minimum absolute atomic E-state index is 0.168. The van der Waals surface area contributed by atoms with Gasteiger partial charge in [0.15, 0.2) is 0 Å². The van der Waals surface area contributed by atoms with Crippen LogP contribution in [0.5, 0.6) is 0 Å². The molecule has 3 nitrogen and oxygen atoms in total. The maximum atomic E-state index is 11.3. The van der Waals surface area contributed by atoms with Gasteiger partial charge in [0.2, 0.25) is 0 Å². The molecule has 0 atom stereocenters. The van der Waals surface area contributed by atoms with Crippen molar-refractivity contribution in [2.45, 2.75) is 6.92 Å². The standard InChI is InChI=1S/C10H13BrN2O/c1-8-4-2-3-5-9(8)13-10(14)12-7-6-11/h2-5H,6-7H2,1H3,(H2,12,13,14). The molecule has 0 saturated carbocycles. The second-order valence-electron chi connectivity index (χ2n) is 2.88. The topological polar surface area (TPSA) is 41.1 Å². The third kappa shape index (κ3) is 3.38. The Bertz CT molecular complexity index is 315. The van der Waals surface area contributed by atoms with Crippen molar-refractivity contribution in [2.75, 3.05) is 17.2 Å². The molecule has 1 aromatic rings. The maximum Gasteiger partial charge on any atom is 0.319 e. The van der Waals surface area contributed by atoms with Gasteiger partial charge in [0, 0.05) is 17.6 Å². The molecule has 0 heterocycles. The molecular weight excluding hydrogens is 244 g/mol. The van der Waals surface area contributed by atoms with Gasteiger partial charge >= 0.3 is 6.03 Å². The van der Waals surface area contributed by atoms with Crippen molar-refractivity contribution >= 4 is 27.6 Å². The van der Waals surface area contributed by atoms with Crippen LogP contribution in [0.4, 0.5) is 10.5 Å². The van der Waals surface area contributed by atoms with Crippen LogP contribution < -0.4 is 10.6 Å². The van der Waals surface area contributed by atoms with Gasteiger partial charge in [-0.2, -0.15) is 0 Å². The second-order valence-corrected chi connectivity index (χ2v) is 3.68. The van der Waals surface area contributed by atoms with Crippen molar-refractivity contribution in [2.24, 2.45) is 0 Å². The van der Waals surface area contributed by atoms with E-state index in [4.69, 9.17) is 0 Å². The van der Waals surface area contributed by atoms with Gasteiger partial charge in [0.25, 0.3) is 0 Å². The summed E-state index contributed by atoms with van der Waals surface area (Å²) in [5, 5.41) is 6.24. The number of rotatable bonds is 3. The highest BCUT2D eigenvalue weighted by atomic mass is 79.9. The SMILES string of the molecule is Cc1ccccc1NC(=O)NCCBr. The molecule has 0 aliphatic heterocycles. The van der Waals surface area contributed by atoms with Crippen LogP contribution in [0.2, 0.25) is 0 Å². The highest BCUT2D eigenvalue weighted by Crippen LogP contribution is 2.12. The summed E-state index contributed by atoms with van der Waals surface area (Å²) in [7, 11) is 0. The van der Waals surface area contributed by atoms with Crippen LogP contribution in [-0.2, 0) is 0 Å². The number of aryl methyl sites for hydroxylation is 1. The minimum atomic E-state index is -0.168. The van der Waals surface area contributed by atoms with Crippen molar-refractivity contribution in [1.82, 2.24) is 5.32 Å². The minimum Gasteiger partial charge on any atom is -0.337 e. The Hall–Kier alpha value is -1.03. The zero-order valence-electron chi connectivity index (χ0n) is 8.01. The molecule has 1 aromatic carbocycles. The predicted octanol–water partition coefficient (Wildman–Crippen LogP) is 2.51. The van der Waals surface area contributed by atoms with Crippen molar-refractivity contribution in [3.63, 3.8) is 0 Å². The Morgan fingerprint density at radius 2 is 2.14 bits per heavy atom. The fourth-order valence-corrected chi connectivity index (χ4v) is 1.24. The molecule has 14 heavy (non-hydrogen) atoms. The summed E-state index contributed by atoms with van der Waals surface area (Å²) < 4.78 is 0. The van der Waals surface area contributed by atoms with Crippen LogP contribution in [0, 0.1) is 6.92 Å². The summed E-state index contributed by atoms with van der Waals surface area (Å²) in [5.74, 6) is 0. The van der Waals surface area contributed by atoms with Gasteiger partial charge in [0.1, 0.15) is 0 Å². The maximum absolute atomic E-state index is 11.3. The Kier molecular flexibility index (Phi) is 4.46. The summed E-state index contributed by atoms with van der Waals surface area (Å²) in [6.45, 7) is 2.58.